The molecule has 5 rings (SSSR count). The third kappa shape index (κ3) is 4.08. The lowest BCUT2D eigenvalue weighted by Crippen LogP contribution is -2.58. The normalized spacial score (nSPS) is 34.9. The van der Waals surface area contributed by atoms with E-state index in [-0.39, 0.29) is 16.2 Å². The molecule has 1 aromatic carbocycles. The van der Waals surface area contributed by atoms with Crippen LogP contribution in [0.5, 0.6) is 0 Å². The number of carbonyl (C=O) groups excluding carboxylic acids is 2. The fraction of sp³-hybridized carbons (Fsp3) is 0.619. The monoisotopic (exact) mass is 389 g/mol. The average Bonchev–Trinajstić information content (AvgIpc) is 2.57. The topological polar surface area (TPSA) is 84.2 Å². The summed E-state index contributed by atoms with van der Waals surface area (Å²) in [7, 11) is 0. The number of nitrogens with one attached hydrogen (secondary N) is 2. The van der Waals surface area contributed by atoms with Gasteiger partial charge in [-0.1, -0.05) is 30.3 Å². The van der Waals surface area contributed by atoms with Crippen LogP contribution in [-0.2, 0) is 11.2 Å². The fourth-order valence-electron chi connectivity index (χ4n) is 6.17. The third-order valence-corrected chi connectivity index (χ3v) is 7.11. The zero-order valence-corrected chi connectivity index (χ0v) is 16.3. The van der Waals surface area contributed by atoms with E-state index in [1.807, 2.05) is 30.3 Å². The molecule has 4 fully saturated rings. The Bertz CT molecular complexity index is 709. The summed E-state index contributed by atoms with van der Waals surface area (Å²) in [6.07, 6.45) is 7.27. The number of amides is 3. The minimum absolute atomic E-state index is 0.0657. The standard InChI is InChI=1S/C21H28ClN3O2/c22-21-10-15-6-16(11-21)9-20(8-15,12-21)13-24-18(26)17(25-19(23)27)7-14-4-2-1-3-5-14/h1-5,15-17H,6-13H2,(H,24,26)(H3,23,25,27). The van der Waals surface area contributed by atoms with Gasteiger partial charge in [-0.15, -0.1) is 11.6 Å². The quantitative estimate of drug-likeness (QED) is 0.653. The van der Waals surface area contributed by atoms with Crippen LogP contribution in [0.1, 0.15) is 44.1 Å². The third-order valence-electron chi connectivity index (χ3n) is 6.66. The van der Waals surface area contributed by atoms with E-state index in [4.69, 9.17) is 17.3 Å². The molecule has 4 aliphatic carbocycles. The largest absolute Gasteiger partial charge is 0.354 e. The lowest BCUT2D eigenvalue weighted by Gasteiger charge is -2.60. The summed E-state index contributed by atoms with van der Waals surface area (Å²) in [5.74, 6) is 1.23. The minimum Gasteiger partial charge on any atom is -0.354 e. The van der Waals surface area contributed by atoms with Crippen LogP contribution in [0, 0.1) is 17.3 Å². The second-order valence-electron chi connectivity index (χ2n) is 9.08. The summed E-state index contributed by atoms with van der Waals surface area (Å²) in [6.45, 7) is 0.638. The molecule has 0 spiro atoms. The number of hydrogen-bond acceptors (Lipinski definition) is 2. The van der Waals surface area contributed by atoms with E-state index < -0.39 is 12.1 Å². The van der Waals surface area contributed by atoms with E-state index in [0.717, 1.165) is 37.7 Å². The Morgan fingerprint density at radius 3 is 2.41 bits per heavy atom. The van der Waals surface area contributed by atoms with Crippen LogP contribution in [-0.4, -0.2) is 29.4 Å². The van der Waals surface area contributed by atoms with E-state index in [1.165, 1.54) is 6.42 Å². The molecule has 4 N–H and O–H groups in total. The van der Waals surface area contributed by atoms with Crippen LogP contribution >= 0.6 is 11.6 Å². The molecule has 3 unspecified atom stereocenters. The minimum atomic E-state index is -0.680. The number of carbonyl (C=O) groups is 2. The van der Waals surface area contributed by atoms with Gasteiger partial charge in [0.25, 0.3) is 0 Å². The molecule has 6 heteroatoms. The van der Waals surface area contributed by atoms with Gasteiger partial charge in [-0.05, 0) is 61.3 Å². The Morgan fingerprint density at radius 2 is 1.81 bits per heavy atom. The first-order valence-corrected chi connectivity index (χ1v) is 10.3. The number of primary amides is 1. The molecule has 146 valence electrons. The second-order valence-corrected chi connectivity index (χ2v) is 9.88. The lowest BCUT2D eigenvalue weighted by molar-refractivity contribution is -0.124. The summed E-state index contributed by atoms with van der Waals surface area (Å²) in [4.78, 5) is 24.2. The molecule has 3 atom stereocenters. The SMILES string of the molecule is NC(=O)NC(Cc1ccccc1)C(=O)NCC12CC3CC(CC(Cl)(C3)C1)C2. The van der Waals surface area contributed by atoms with Crippen molar-refractivity contribution in [3.05, 3.63) is 35.9 Å². The van der Waals surface area contributed by atoms with Gasteiger partial charge in [-0.3, -0.25) is 4.79 Å². The fourth-order valence-corrected chi connectivity index (χ4v) is 6.89. The Kier molecular flexibility index (Phi) is 4.83. The van der Waals surface area contributed by atoms with Gasteiger partial charge < -0.3 is 16.4 Å². The highest BCUT2D eigenvalue weighted by Crippen LogP contribution is 2.63. The highest BCUT2D eigenvalue weighted by atomic mass is 35.5. The molecule has 0 aliphatic heterocycles. The van der Waals surface area contributed by atoms with Gasteiger partial charge >= 0.3 is 6.03 Å². The highest BCUT2D eigenvalue weighted by Gasteiger charge is 2.57. The Labute approximate surface area is 165 Å². The van der Waals surface area contributed by atoms with Crippen LogP contribution in [0.2, 0.25) is 0 Å². The van der Waals surface area contributed by atoms with Crippen molar-refractivity contribution in [2.75, 3.05) is 6.54 Å². The maximum Gasteiger partial charge on any atom is 0.312 e. The molecule has 0 radical (unpaired) electrons. The maximum absolute atomic E-state index is 12.8. The maximum atomic E-state index is 12.8. The van der Waals surface area contributed by atoms with Crippen molar-refractivity contribution in [1.29, 1.82) is 0 Å². The zero-order chi connectivity index (χ0) is 19.1. The summed E-state index contributed by atoms with van der Waals surface area (Å²) in [5.41, 5.74) is 6.40. The molecule has 4 aliphatic rings. The van der Waals surface area contributed by atoms with E-state index >= 15 is 0 Å². The summed E-state index contributed by atoms with van der Waals surface area (Å²) < 4.78 is 0. The van der Waals surface area contributed by atoms with Crippen LogP contribution in [0.25, 0.3) is 0 Å². The van der Waals surface area contributed by atoms with Gasteiger partial charge in [0.15, 0.2) is 0 Å². The molecule has 4 bridgehead atoms. The molecule has 1 aromatic rings. The van der Waals surface area contributed by atoms with Crippen molar-refractivity contribution in [1.82, 2.24) is 10.6 Å². The van der Waals surface area contributed by atoms with Gasteiger partial charge in [0, 0.05) is 17.8 Å². The van der Waals surface area contributed by atoms with E-state index in [9.17, 15) is 9.59 Å². The van der Waals surface area contributed by atoms with Crippen LogP contribution in [0.3, 0.4) is 0 Å². The van der Waals surface area contributed by atoms with Crippen LogP contribution < -0.4 is 16.4 Å². The van der Waals surface area contributed by atoms with Crippen molar-refractivity contribution >= 4 is 23.5 Å². The molecular weight excluding hydrogens is 362 g/mol. The predicted molar refractivity (Wildman–Crippen MR) is 105 cm³/mol. The van der Waals surface area contributed by atoms with Crippen LogP contribution in [0.15, 0.2) is 30.3 Å². The molecule has 0 saturated heterocycles. The first-order chi connectivity index (χ1) is 12.8. The number of benzene rings is 1. The van der Waals surface area contributed by atoms with E-state index in [0.29, 0.717) is 24.8 Å². The van der Waals surface area contributed by atoms with Gasteiger partial charge in [-0.25, -0.2) is 4.79 Å². The number of alkyl halides is 1. The first kappa shape index (κ1) is 18.6. The molecule has 0 heterocycles. The smallest absolute Gasteiger partial charge is 0.312 e. The molecule has 3 amide bonds. The summed E-state index contributed by atoms with van der Waals surface area (Å²) >= 11 is 6.89. The van der Waals surface area contributed by atoms with Crippen molar-refractivity contribution in [3.63, 3.8) is 0 Å². The molecule has 5 nitrogen and oxygen atoms in total. The summed E-state index contributed by atoms with van der Waals surface area (Å²) in [5, 5.41) is 5.71. The molecule has 4 saturated carbocycles. The molecular formula is C21H28ClN3O2. The number of rotatable bonds is 6. The van der Waals surface area contributed by atoms with Gasteiger partial charge in [0.2, 0.25) is 5.91 Å². The van der Waals surface area contributed by atoms with Gasteiger partial charge in [0.05, 0.1) is 0 Å². The van der Waals surface area contributed by atoms with Crippen molar-refractivity contribution in [2.45, 2.75) is 55.9 Å². The van der Waals surface area contributed by atoms with E-state index in [1.54, 1.807) is 0 Å². The Morgan fingerprint density at radius 1 is 1.15 bits per heavy atom. The number of halogens is 1. The lowest BCUT2D eigenvalue weighted by atomic mass is 9.49. The number of hydrogen-bond donors (Lipinski definition) is 3. The van der Waals surface area contributed by atoms with Crippen molar-refractivity contribution in [3.8, 4) is 0 Å². The Balaban J connectivity index is 1.41. The number of urea groups is 1. The van der Waals surface area contributed by atoms with Crippen molar-refractivity contribution in [2.24, 2.45) is 23.0 Å². The predicted octanol–water partition coefficient (Wildman–Crippen LogP) is 2.96. The molecule has 27 heavy (non-hydrogen) atoms. The zero-order valence-electron chi connectivity index (χ0n) is 15.5. The highest BCUT2D eigenvalue weighted by molar-refractivity contribution is 6.24. The van der Waals surface area contributed by atoms with Gasteiger partial charge in [-0.2, -0.15) is 0 Å². The van der Waals surface area contributed by atoms with E-state index in [2.05, 4.69) is 10.6 Å². The Hall–Kier alpha value is -1.75. The number of nitrogens with two attached hydrogens (primary N) is 1. The van der Waals surface area contributed by atoms with Crippen LogP contribution in [0.4, 0.5) is 4.79 Å². The first-order valence-electron chi connectivity index (χ1n) is 9.91. The van der Waals surface area contributed by atoms with Crippen molar-refractivity contribution < 1.29 is 9.59 Å². The summed E-state index contributed by atoms with van der Waals surface area (Å²) in [6, 6.07) is 8.31. The second kappa shape index (κ2) is 7.01. The average molecular weight is 390 g/mol. The van der Waals surface area contributed by atoms with Gasteiger partial charge in [0.1, 0.15) is 6.04 Å². The molecule has 0 aromatic heterocycles.